The molecule has 166 valence electrons. The van der Waals surface area contributed by atoms with Gasteiger partial charge in [0.05, 0.1) is 18.5 Å². The van der Waals surface area contributed by atoms with Gasteiger partial charge in [0.15, 0.2) is 0 Å². The fourth-order valence-electron chi connectivity index (χ4n) is 3.29. The van der Waals surface area contributed by atoms with Crippen LogP contribution in [0.1, 0.15) is 47.7 Å². The van der Waals surface area contributed by atoms with Gasteiger partial charge in [-0.25, -0.2) is 4.79 Å². The molecule has 0 fully saturated rings. The van der Waals surface area contributed by atoms with Gasteiger partial charge in [-0.2, -0.15) is 0 Å². The van der Waals surface area contributed by atoms with E-state index >= 15 is 0 Å². The summed E-state index contributed by atoms with van der Waals surface area (Å²) in [5.41, 5.74) is 3.69. The van der Waals surface area contributed by atoms with Gasteiger partial charge in [0.1, 0.15) is 10.6 Å². The molecule has 0 saturated carbocycles. The highest BCUT2D eigenvalue weighted by molar-refractivity contribution is 7.15. The van der Waals surface area contributed by atoms with Crippen LogP contribution in [0.15, 0.2) is 53.9 Å². The number of esters is 1. The van der Waals surface area contributed by atoms with E-state index in [1.807, 2.05) is 17.5 Å². The molecule has 3 aromatic rings. The second kappa shape index (κ2) is 10.2. The highest BCUT2D eigenvalue weighted by Crippen LogP contribution is 2.37. The monoisotopic (exact) mass is 452 g/mol. The van der Waals surface area contributed by atoms with Gasteiger partial charge in [0.25, 0.3) is 5.69 Å². The average Bonchev–Trinajstić information content (AvgIpc) is 3.21. The van der Waals surface area contributed by atoms with Crippen molar-refractivity contribution < 1.29 is 19.2 Å². The van der Waals surface area contributed by atoms with Crippen LogP contribution < -0.4 is 5.32 Å². The third-order valence-electron chi connectivity index (χ3n) is 5.35. The van der Waals surface area contributed by atoms with Gasteiger partial charge in [-0.05, 0) is 29.0 Å². The van der Waals surface area contributed by atoms with Crippen LogP contribution in [0.5, 0.6) is 0 Å². The number of thiophene rings is 1. The standard InChI is InChI=1S/C24H24N2O5S/c1-4-15(2)17-7-9-18(10-8-17)20-14-32-23(22(20)24(28)31-3)25-21(27)13-16-5-11-19(12-6-16)26(29)30/h5-12,14-15H,4,13H2,1-3H3,(H,25,27). The quantitative estimate of drug-likeness (QED) is 0.264. The lowest BCUT2D eigenvalue weighted by atomic mass is 9.95. The molecule has 0 aliphatic rings. The van der Waals surface area contributed by atoms with E-state index in [2.05, 4.69) is 31.3 Å². The maximum absolute atomic E-state index is 12.6. The van der Waals surface area contributed by atoms with Crippen LogP contribution in [-0.2, 0) is 16.0 Å². The van der Waals surface area contributed by atoms with Crippen LogP contribution in [0.25, 0.3) is 11.1 Å². The van der Waals surface area contributed by atoms with Crippen LogP contribution in [0, 0.1) is 10.1 Å². The van der Waals surface area contributed by atoms with Crippen molar-refractivity contribution in [3.8, 4) is 11.1 Å². The molecule has 1 heterocycles. The summed E-state index contributed by atoms with van der Waals surface area (Å²) in [5, 5.41) is 15.8. The summed E-state index contributed by atoms with van der Waals surface area (Å²) in [6, 6.07) is 13.8. The fraction of sp³-hybridized carbons (Fsp3) is 0.250. The van der Waals surface area contributed by atoms with Crippen LogP contribution in [0.3, 0.4) is 0 Å². The number of nitrogens with zero attached hydrogens (tertiary/aromatic N) is 1. The molecule has 32 heavy (non-hydrogen) atoms. The molecule has 1 aromatic heterocycles. The lowest BCUT2D eigenvalue weighted by molar-refractivity contribution is -0.384. The minimum Gasteiger partial charge on any atom is -0.465 e. The molecule has 0 saturated heterocycles. The van der Waals surface area contributed by atoms with Crippen LogP contribution in [0.4, 0.5) is 10.7 Å². The van der Waals surface area contributed by atoms with E-state index in [0.717, 1.165) is 12.0 Å². The Morgan fingerprint density at radius 1 is 1.12 bits per heavy atom. The molecule has 0 aliphatic heterocycles. The molecule has 1 amide bonds. The zero-order valence-electron chi connectivity index (χ0n) is 18.1. The maximum Gasteiger partial charge on any atom is 0.341 e. The number of methoxy groups -OCH3 is 1. The highest BCUT2D eigenvalue weighted by Gasteiger charge is 2.22. The number of carbonyl (C=O) groups excluding carboxylic acids is 2. The van der Waals surface area contributed by atoms with Gasteiger partial charge in [-0.15, -0.1) is 11.3 Å². The predicted octanol–water partition coefficient (Wildman–Crippen LogP) is 5.80. The van der Waals surface area contributed by atoms with E-state index in [1.54, 1.807) is 0 Å². The lowest BCUT2D eigenvalue weighted by Gasteiger charge is -2.11. The normalized spacial score (nSPS) is 11.6. The summed E-state index contributed by atoms with van der Waals surface area (Å²) in [5.74, 6) is -0.414. The summed E-state index contributed by atoms with van der Waals surface area (Å²) in [6.07, 6.45) is 1.06. The van der Waals surface area contributed by atoms with Gasteiger partial charge >= 0.3 is 5.97 Å². The lowest BCUT2D eigenvalue weighted by Crippen LogP contribution is -2.16. The number of nitro groups is 1. The van der Waals surface area contributed by atoms with Crippen molar-refractivity contribution in [1.29, 1.82) is 0 Å². The molecule has 8 heteroatoms. The Hall–Kier alpha value is -3.52. The van der Waals surface area contributed by atoms with Gasteiger partial charge in [0.2, 0.25) is 5.91 Å². The van der Waals surface area contributed by atoms with Crippen molar-refractivity contribution in [2.45, 2.75) is 32.6 Å². The largest absolute Gasteiger partial charge is 0.465 e. The number of rotatable bonds is 8. The Morgan fingerprint density at radius 2 is 1.78 bits per heavy atom. The third kappa shape index (κ3) is 5.20. The van der Waals surface area contributed by atoms with Crippen molar-refractivity contribution in [2.24, 2.45) is 0 Å². The van der Waals surface area contributed by atoms with Gasteiger partial charge in [-0.1, -0.05) is 50.2 Å². The van der Waals surface area contributed by atoms with E-state index in [0.29, 0.717) is 27.6 Å². The van der Waals surface area contributed by atoms with E-state index in [1.165, 1.54) is 48.3 Å². The summed E-state index contributed by atoms with van der Waals surface area (Å²) in [7, 11) is 1.30. The van der Waals surface area contributed by atoms with E-state index in [9.17, 15) is 19.7 Å². The zero-order valence-corrected chi connectivity index (χ0v) is 18.9. The number of benzene rings is 2. The van der Waals surface area contributed by atoms with Crippen LogP contribution in [0.2, 0.25) is 0 Å². The molecule has 0 spiro atoms. The fourth-order valence-corrected chi connectivity index (χ4v) is 4.26. The molecular weight excluding hydrogens is 428 g/mol. The Morgan fingerprint density at radius 3 is 2.34 bits per heavy atom. The van der Waals surface area contributed by atoms with Gasteiger partial charge in [-0.3, -0.25) is 14.9 Å². The molecule has 2 aromatic carbocycles. The molecule has 1 unspecified atom stereocenters. The minimum atomic E-state index is -0.530. The SMILES string of the molecule is CCC(C)c1ccc(-c2csc(NC(=O)Cc3ccc([N+](=O)[O-])cc3)c2C(=O)OC)cc1. The summed E-state index contributed by atoms with van der Waals surface area (Å²) >= 11 is 1.25. The zero-order chi connectivity index (χ0) is 23.3. The number of ether oxygens (including phenoxy) is 1. The molecule has 0 radical (unpaired) electrons. The van der Waals surface area contributed by atoms with E-state index < -0.39 is 10.9 Å². The topological polar surface area (TPSA) is 98.5 Å². The maximum atomic E-state index is 12.6. The second-order valence-electron chi connectivity index (χ2n) is 7.42. The minimum absolute atomic E-state index is 0.0233. The van der Waals surface area contributed by atoms with Gasteiger partial charge in [0, 0.05) is 23.1 Å². The molecular formula is C24H24N2O5S. The van der Waals surface area contributed by atoms with Crippen LogP contribution in [-0.4, -0.2) is 23.9 Å². The molecule has 0 bridgehead atoms. The molecule has 0 aliphatic carbocycles. The van der Waals surface area contributed by atoms with Crippen molar-refractivity contribution in [2.75, 3.05) is 12.4 Å². The third-order valence-corrected chi connectivity index (χ3v) is 6.24. The number of anilines is 1. The summed E-state index contributed by atoms with van der Waals surface area (Å²) in [6.45, 7) is 4.30. The number of non-ortho nitro benzene ring substituents is 1. The molecule has 3 rings (SSSR count). The number of nitro benzene ring substituents is 1. The highest BCUT2D eigenvalue weighted by atomic mass is 32.1. The Kier molecular flexibility index (Phi) is 7.37. The second-order valence-corrected chi connectivity index (χ2v) is 8.30. The number of carbonyl (C=O) groups is 2. The first kappa shape index (κ1) is 23.1. The Labute approximate surface area is 190 Å². The molecule has 1 N–H and O–H groups in total. The summed E-state index contributed by atoms with van der Waals surface area (Å²) < 4.78 is 4.96. The van der Waals surface area contributed by atoms with Crippen molar-refractivity contribution in [3.05, 3.63) is 80.7 Å². The first-order valence-electron chi connectivity index (χ1n) is 10.2. The number of hydrogen-bond donors (Lipinski definition) is 1. The van der Waals surface area contributed by atoms with Crippen molar-refractivity contribution in [3.63, 3.8) is 0 Å². The number of nitrogens with one attached hydrogen (secondary N) is 1. The van der Waals surface area contributed by atoms with E-state index in [4.69, 9.17) is 4.74 Å². The predicted molar refractivity (Wildman–Crippen MR) is 125 cm³/mol. The Balaban J connectivity index is 1.82. The summed E-state index contributed by atoms with van der Waals surface area (Å²) in [4.78, 5) is 35.4. The first-order valence-corrected chi connectivity index (χ1v) is 11.0. The molecule has 7 nitrogen and oxygen atoms in total. The first-order chi connectivity index (χ1) is 15.3. The average molecular weight is 453 g/mol. The smallest absolute Gasteiger partial charge is 0.341 e. The van der Waals surface area contributed by atoms with Crippen molar-refractivity contribution >= 4 is 33.9 Å². The molecule has 1 atom stereocenters. The number of amides is 1. The Bertz CT molecular complexity index is 1120. The van der Waals surface area contributed by atoms with Gasteiger partial charge < -0.3 is 10.1 Å². The van der Waals surface area contributed by atoms with Crippen molar-refractivity contribution in [1.82, 2.24) is 0 Å². The van der Waals surface area contributed by atoms with Crippen LogP contribution >= 0.6 is 11.3 Å². The van der Waals surface area contributed by atoms with E-state index in [-0.39, 0.29) is 18.0 Å². The number of hydrogen-bond acceptors (Lipinski definition) is 6.